The second kappa shape index (κ2) is 6.39. The first-order valence-corrected chi connectivity index (χ1v) is 7.83. The van der Waals surface area contributed by atoms with Crippen molar-refractivity contribution < 1.29 is 4.79 Å². The van der Waals surface area contributed by atoms with Crippen LogP contribution in [0.4, 0.5) is 15.6 Å². The van der Waals surface area contributed by atoms with Crippen LogP contribution in [-0.4, -0.2) is 11.0 Å². The van der Waals surface area contributed by atoms with E-state index in [4.69, 9.17) is 23.2 Å². The molecule has 3 N–H and O–H groups in total. The minimum Gasteiger partial charge on any atom is -0.305 e. The number of hydrogen-bond acceptors (Lipinski definition) is 4. The second-order valence-corrected chi connectivity index (χ2v) is 6.19. The van der Waals surface area contributed by atoms with Crippen LogP contribution in [0, 0.1) is 0 Å². The maximum Gasteiger partial charge on any atom is 0.337 e. The molecule has 112 valence electrons. The fraction of sp³-hybridized carbons (Fsp3) is 0. The van der Waals surface area contributed by atoms with Crippen LogP contribution in [0.1, 0.15) is 0 Å². The molecule has 0 radical (unpaired) electrons. The summed E-state index contributed by atoms with van der Waals surface area (Å²) in [7, 11) is 0. The Bertz CT molecular complexity index is 804. The van der Waals surface area contributed by atoms with Gasteiger partial charge in [-0.3, -0.25) is 5.43 Å². The van der Waals surface area contributed by atoms with Crippen LogP contribution in [0.3, 0.4) is 0 Å². The van der Waals surface area contributed by atoms with Crippen molar-refractivity contribution in [2.75, 3.05) is 10.7 Å². The summed E-state index contributed by atoms with van der Waals surface area (Å²) >= 11 is 13.3. The number of fused-ring (bicyclic) bond motifs is 1. The van der Waals surface area contributed by atoms with Gasteiger partial charge in [-0.15, -0.1) is 0 Å². The van der Waals surface area contributed by atoms with E-state index in [-0.39, 0.29) is 0 Å². The maximum absolute atomic E-state index is 11.9. The third-order valence-electron chi connectivity index (χ3n) is 2.75. The maximum atomic E-state index is 11.9. The number of hydrazine groups is 1. The molecule has 0 atom stereocenters. The van der Waals surface area contributed by atoms with Gasteiger partial charge < -0.3 is 5.32 Å². The summed E-state index contributed by atoms with van der Waals surface area (Å²) in [6.07, 6.45) is 0. The standard InChI is InChI=1S/C14H10Cl2N4OS/c15-8-5-6-9(16)11(7-8)17-13(21)19-20-14-18-10-3-1-2-4-12(10)22-14/h1-7H,(H,18,20)(H2,17,19,21). The topological polar surface area (TPSA) is 66.0 Å². The van der Waals surface area contributed by atoms with Crippen molar-refractivity contribution in [2.45, 2.75) is 0 Å². The van der Waals surface area contributed by atoms with Crippen LogP contribution in [0.15, 0.2) is 42.5 Å². The molecule has 0 aliphatic heterocycles. The van der Waals surface area contributed by atoms with Gasteiger partial charge >= 0.3 is 6.03 Å². The largest absolute Gasteiger partial charge is 0.337 e. The zero-order valence-corrected chi connectivity index (χ0v) is 13.4. The predicted octanol–water partition coefficient (Wildman–Crippen LogP) is 4.75. The average Bonchev–Trinajstić information content (AvgIpc) is 2.92. The molecular weight excluding hydrogens is 343 g/mol. The number of carbonyl (C=O) groups excluding carboxylic acids is 1. The van der Waals surface area contributed by atoms with Crippen molar-refractivity contribution in [3.8, 4) is 0 Å². The molecule has 3 aromatic rings. The molecule has 8 heteroatoms. The van der Waals surface area contributed by atoms with Gasteiger partial charge in [0.05, 0.1) is 20.9 Å². The first kappa shape index (κ1) is 14.9. The summed E-state index contributed by atoms with van der Waals surface area (Å²) in [6, 6.07) is 12.1. The van der Waals surface area contributed by atoms with Crippen molar-refractivity contribution in [1.29, 1.82) is 0 Å². The highest BCUT2D eigenvalue weighted by Crippen LogP contribution is 2.26. The lowest BCUT2D eigenvalue weighted by Gasteiger charge is -2.09. The molecule has 2 amide bonds. The van der Waals surface area contributed by atoms with Crippen LogP contribution in [0.25, 0.3) is 10.2 Å². The lowest BCUT2D eigenvalue weighted by molar-refractivity contribution is 0.254. The van der Waals surface area contributed by atoms with Gasteiger partial charge in [-0.2, -0.15) is 0 Å². The van der Waals surface area contributed by atoms with Crippen molar-refractivity contribution in [2.24, 2.45) is 0 Å². The molecule has 0 spiro atoms. The van der Waals surface area contributed by atoms with Gasteiger partial charge in [0.1, 0.15) is 0 Å². The lowest BCUT2D eigenvalue weighted by Crippen LogP contribution is -2.33. The Balaban J connectivity index is 1.63. The molecule has 3 rings (SSSR count). The summed E-state index contributed by atoms with van der Waals surface area (Å²) in [5.41, 5.74) is 6.56. The fourth-order valence-corrected chi connectivity index (χ4v) is 2.94. The molecule has 0 saturated heterocycles. The number of para-hydroxylation sites is 1. The van der Waals surface area contributed by atoms with Gasteiger partial charge in [0.15, 0.2) is 0 Å². The number of urea groups is 1. The van der Waals surface area contributed by atoms with E-state index < -0.39 is 6.03 Å². The molecular formula is C14H10Cl2N4OS. The third-order valence-corrected chi connectivity index (χ3v) is 4.27. The monoisotopic (exact) mass is 352 g/mol. The van der Waals surface area contributed by atoms with Gasteiger partial charge in [-0.1, -0.05) is 46.7 Å². The Hall–Kier alpha value is -2.02. The molecule has 0 saturated carbocycles. The molecule has 1 heterocycles. The molecule has 0 unspecified atom stereocenters. The van der Waals surface area contributed by atoms with E-state index in [0.717, 1.165) is 10.2 Å². The normalized spacial score (nSPS) is 10.5. The first-order valence-electron chi connectivity index (χ1n) is 6.25. The highest BCUT2D eigenvalue weighted by Gasteiger charge is 2.07. The summed E-state index contributed by atoms with van der Waals surface area (Å²) in [4.78, 5) is 16.2. The SMILES string of the molecule is O=C(NNc1nc2ccccc2s1)Nc1cc(Cl)ccc1Cl. The molecule has 0 fully saturated rings. The van der Waals surface area contributed by atoms with E-state index in [2.05, 4.69) is 21.2 Å². The summed E-state index contributed by atoms with van der Waals surface area (Å²) in [5, 5.41) is 4.08. The van der Waals surface area contributed by atoms with E-state index >= 15 is 0 Å². The minimum atomic E-state index is -0.469. The van der Waals surface area contributed by atoms with Crippen LogP contribution < -0.4 is 16.2 Å². The van der Waals surface area contributed by atoms with Gasteiger partial charge in [-0.05, 0) is 30.3 Å². The number of carbonyl (C=O) groups is 1. The Kier molecular flexibility index (Phi) is 4.33. The van der Waals surface area contributed by atoms with Crippen LogP contribution >= 0.6 is 34.5 Å². The van der Waals surface area contributed by atoms with E-state index in [9.17, 15) is 4.79 Å². The third kappa shape index (κ3) is 3.41. The van der Waals surface area contributed by atoms with Crippen molar-refractivity contribution in [3.05, 3.63) is 52.5 Å². The summed E-state index contributed by atoms with van der Waals surface area (Å²) in [6.45, 7) is 0. The molecule has 1 aromatic heterocycles. The average molecular weight is 353 g/mol. The van der Waals surface area contributed by atoms with Gasteiger partial charge in [-0.25, -0.2) is 15.2 Å². The Morgan fingerprint density at radius 2 is 1.95 bits per heavy atom. The lowest BCUT2D eigenvalue weighted by atomic mass is 10.3. The smallest absolute Gasteiger partial charge is 0.305 e. The number of aromatic nitrogens is 1. The number of anilines is 2. The van der Waals surface area contributed by atoms with Crippen molar-refractivity contribution in [3.63, 3.8) is 0 Å². The van der Waals surface area contributed by atoms with Crippen LogP contribution in [0.5, 0.6) is 0 Å². The number of benzene rings is 2. The van der Waals surface area contributed by atoms with E-state index in [1.807, 2.05) is 24.3 Å². The number of nitrogens with one attached hydrogen (secondary N) is 3. The van der Waals surface area contributed by atoms with E-state index in [0.29, 0.717) is 20.9 Å². The highest BCUT2D eigenvalue weighted by atomic mass is 35.5. The van der Waals surface area contributed by atoms with Crippen LogP contribution in [-0.2, 0) is 0 Å². The number of rotatable bonds is 3. The second-order valence-electron chi connectivity index (χ2n) is 4.32. The van der Waals surface area contributed by atoms with E-state index in [1.54, 1.807) is 18.2 Å². The number of hydrogen-bond donors (Lipinski definition) is 3. The zero-order chi connectivity index (χ0) is 15.5. The van der Waals surface area contributed by atoms with Crippen molar-refractivity contribution >= 4 is 61.6 Å². The Morgan fingerprint density at radius 1 is 1.14 bits per heavy atom. The first-order chi connectivity index (χ1) is 10.6. The number of nitrogens with zero attached hydrogens (tertiary/aromatic N) is 1. The molecule has 5 nitrogen and oxygen atoms in total. The quantitative estimate of drug-likeness (QED) is 0.595. The number of thiazole rings is 1. The fourth-order valence-electron chi connectivity index (χ4n) is 1.78. The molecule has 0 bridgehead atoms. The summed E-state index contributed by atoms with van der Waals surface area (Å²) < 4.78 is 1.03. The van der Waals surface area contributed by atoms with Crippen LogP contribution in [0.2, 0.25) is 10.0 Å². The minimum absolute atomic E-state index is 0.402. The van der Waals surface area contributed by atoms with E-state index in [1.165, 1.54) is 11.3 Å². The van der Waals surface area contributed by atoms with Crippen molar-refractivity contribution in [1.82, 2.24) is 10.4 Å². The molecule has 0 aliphatic rings. The van der Waals surface area contributed by atoms with Gasteiger partial charge in [0, 0.05) is 5.02 Å². The predicted molar refractivity (Wildman–Crippen MR) is 91.9 cm³/mol. The Labute approximate surface area is 140 Å². The molecule has 22 heavy (non-hydrogen) atoms. The number of amides is 2. The summed E-state index contributed by atoms with van der Waals surface area (Å²) in [5.74, 6) is 0. The number of halogens is 2. The highest BCUT2D eigenvalue weighted by molar-refractivity contribution is 7.22. The molecule has 0 aliphatic carbocycles. The van der Waals surface area contributed by atoms with Gasteiger partial charge in [0.25, 0.3) is 0 Å². The zero-order valence-electron chi connectivity index (χ0n) is 11.1. The van der Waals surface area contributed by atoms with Gasteiger partial charge in [0.2, 0.25) is 5.13 Å². The Morgan fingerprint density at radius 3 is 2.77 bits per heavy atom. The molecule has 2 aromatic carbocycles.